The maximum atomic E-state index is 12.4. The van der Waals surface area contributed by atoms with Crippen molar-refractivity contribution in [1.29, 1.82) is 0 Å². The molecule has 1 amide bonds. The largest absolute Gasteiger partial charge is 0.347 e. The predicted octanol–water partition coefficient (Wildman–Crippen LogP) is 2.06. The lowest BCUT2D eigenvalue weighted by Gasteiger charge is -2.31. The molecule has 0 aliphatic carbocycles. The van der Waals surface area contributed by atoms with Crippen LogP contribution in [0.3, 0.4) is 0 Å². The van der Waals surface area contributed by atoms with E-state index in [1.807, 2.05) is 30.3 Å². The van der Waals surface area contributed by atoms with Crippen LogP contribution >= 0.6 is 11.3 Å². The van der Waals surface area contributed by atoms with Gasteiger partial charge in [0.1, 0.15) is 0 Å². The Bertz CT molecular complexity index is 765. The average molecular weight is 338 g/mol. The lowest BCUT2D eigenvalue weighted by molar-refractivity contribution is 0.0925. The molecule has 1 fully saturated rings. The molecule has 1 atom stereocenters. The molecule has 118 valence electrons. The van der Waals surface area contributed by atoms with Gasteiger partial charge < -0.3 is 5.32 Å². The highest BCUT2D eigenvalue weighted by molar-refractivity contribution is 7.88. The lowest BCUT2D eigenvalue weighted by Crippen LogP contribution is -2.49. The summed E-state index contributed by atoms with van der Waals surface area (Å²) in [5.74, 6) is -0.124. The number of thiophene rings is 1. The summed E-state index contributed by atoms with van der Waals surface area (Å²) in [7, 11) is -3.20. The summed E-state index contributed by atoms with van der Waals surface area (Å²) >= 11 is 1.46. The summed E-state index contributed by atoms with van der Waals surface area (Å²) in [6.45, 7) is 0.892. The first-order valence-electron chi connectivity index (χ1n) is 7.18. The number of fused-ring (bicyclic) bond motifs is 1. The second-order valence-electron chi connectivity index (χ2n) is 5.58. The zero-order chi connectivity index (χ0) is 15.7. The van der Waals surface area contributed by atoms with Crippen LogP contribution in [0.25, 0.3) is 10.1 Å². The Kier molecular flexibility index (Phi) is 4.20. The number of benzene rings is 1. The molecule has 0 spiro atoms. The molecule has 2 heterocycles. The molecule has 0 bridgehead atoms. The number of amides is 1. The molecule has 3 rings (SSSR count). The molecule has 0 radical (unpaired) electrons. The van der Waals surface area contributed by atoms with Gasteiger partial charge in [-0.3, -0.25) is 4.79 Å². The fraction of sp³-hybridized carbons (Fsp3) is 0.400. The third-order valence-electron chi connectivity index (χ3n) is 3.84. The first-order valence-corrected chi connectivity index (χ1v) is 9.84. The van der Waals surface area contributed by atoms with Crippen molar-refractivity contribution in [2.75, 3.05) is 19.3 Å². The van der Waals surface area contributed by atoms with Crippen LogP contribution in [0.5, 0.6) is 0 Å². The fourth-order valence-corrected chi connectivity index (χ4v) is 4.59. The van der Waals surface area contributed by atoms with Crippen LogP contribution in [0.1, 0.15) is 22.5 Å². The Labute approximate surface area is 134 Å². The standard InChI is InChI=1S/C15H18N2O3S2/c1-22(19,20)17-8-4-6-12(10-17)16-15(18)14-9-11-5-2-3-7-13(11)21-14/h2-3,5,7,9,12H,4,6,8,10H2,1H3,(H,16,18). The average Bonchev–Trinajstić information content (AvgIpc) is 2.90. The molecule has 5 nitrogen and oxygen atoms in total. The summed E-state index contributed by atoms with van der Waals surface area (Å²) in [5.41, 5.74) is 0. The number of piperidine rings is 1. The van der Waals surface area contributed by atoms with Gasteiger partial charge in [-0.1, -0.05) is 18.2 Å². The van der Waals surface area contributed by atoms with Crippen molar-refractivity contribution in [2.24, 2.45) is 0 Å². The molecular formula is C15H18N2O3S2. The van der Waals surface area contributed by atoms with E-state index in [2.05, 4.69) is 5.32 Å². The third kappa shape index (κ3) is 3.31. The van der Waals surface area contributed by atoms with Crippen LogP contribution in [0.2, 0.25) is 0 Å². The van der Waals surface area contributed by atoms with Crippen LogP contribution in [-0.4, -0.2) is 44.0 Å². The Morgan fingerprint density at radius 3 is 2.86 bits per heavy atom. The number of nitrogens with one attached hydrogen (secondary N) is 1. The van der Waals surface area contributed by atoms with Crippen molar-refractivity contribution < 1.29 is 13.2 Å². The number of hydrogen-bond acceptors (Lipinski definition) is 4. The second-order valence-corrected chi connectivity index (χ2v) is 8.65. The molecule has 1 aliphatic rings. The van der Waals surface area contributed by atoms with E-state index in [4.69, 9.17) is 0 Å². The Morgan fingerprint density at radius 1 is 1.36 bits per heavy atom. The van der Waals surface area contributed by atoms with Gasteiger partial charge in [-0.25, -0.2) is 12.7 Å². The maximum absolute atomic E-state index is 12.4. The summed E-state index contributed by atoms with van der Waals surface area (Å²) < 4.78 is 25.8. The van der Waals surface area contributed by atoms with Crippen LogP contribution in [-0.2, 0) is 10.0 Å². The fourth-order valence-electron chi connectivity index (χ4n) is 2.71. The lowest BCUT2D eigenvalue weighted by atomic mass is 10.1. The molecular weight excluding hydrogens is 320 g/mol. The van der Waals surface area contributed by atoms with Crippen molar-refractivity contribution in [3.63, 3.8) is 0 Å². The van der Waals surface area contributed by atoms with Gasteiger partial charge in [0.25, 0.3) is 5.91 Å². The molecule has 0 saturated carbocycles. The van der Waals surface area contributed by atoms with Gasteiger partial charge in [0.2, 0.25) is 10.0 Å². The SMILES string of the molecule is CS(=O)(=O)N1CCCC(NC(=O)c2cc3ccccc3s2)C1. The van der Waals surface area contributed by atoms with Crippen LogP contribution < -0.4 is 5.32 Å². The molecule has 1 saturated heterocycles. The first kappa shape index (κ1) is 15.5. The van der Waals surface area contributed by atoms with E-state index in [0.29, 0.717) is 18.0 Å². The number of rotatable bonds is 3. The van der Waals surface area contributed by atoms with Gasteiger partial charge in [0, 0.05) is 23.8 Å². The van der Waals surface area contributed by atoms with E-state index >= 15 is 0 Å². The Hall–Kier alpha value is -1.44. The first-order chi connectivity index (χ1) is 10.4. The Balaban J connectivity index is 1.71. The normalized spacial score (nSPS) is 20.1. The number of sulfonamides is 1. The van der Waals surface area contributed by atoms with Crippen molar-refractivity contribution in [2.45, 2.75) is 18.9 Å². The summed E-state index contributed by atoms with van der Waals surface area (Å²) in [6, 6.07) is 9.62. The minimum Gasteiger partial charge on any atom is -0.347 e. The van der Waals surface area contributed by atoms with Gasteiger partial charge >= 0.3 is 0 Å². The van der Waals surface area contributed by atoms with Crippen LogP contribution in [0.4, 0.5) is 0 Å². The van der Waals surface area contributed by atoms with Crippen LogP contribution in [0, 0.1) is 0 Å². The topological polar surface area (TPSA) is 66.5 Å². The van der Waals surface area contributed by atoms with E-state index in [0.717, 1.165) is 22.9 Å². The Morgan fingerprint density at radius 2 is 2.14 bits per heavy atom. The zero-order valence-electron chi connectivity index (χ0n) is 12.3. The molecule has 1 aliphatic heterocycles. The quantitative estimate of drug-likeness (QED) is 0.931. The van der Waals surface area contributed by atoms with Gasteiger partial charge in [-0.05, 0) is 30.4 Å². The molecule has 1 unspecified atom stereocenters. The summed E-state index contributed by atoms with van der Waals surface area (Å²) in [5, 5.41) is 4.02. The highest BCUT2D eigenvalue weighted by atomic mass is 32.2. The molecule has 1 N–H and O–H groups in total. The highest BCUT2D eigenvalue weighted by Crippen LogP contribution is 2.25. The van der Waals surface area contributed by atoms with Crippen molar-refractivity contribution >= 4 is 37.4 Å². The van der Waals surface area contributed by atoms with Crippen molar-refractivity contribution in [3.05, 3.63) is 35.2 Å². The van der Waals surface area contributed by atoms with E-state index in [9.17, 15) is 13.2 Å². The number of nitrogens with zero attached hydrogens (tertiary/aromatic N) is 1. The van der Waals surface area contributed by atoms with Gasteiger partial charge in [-0.2, -0.15) is 0 Å². The molecule has 2 aromatic rings. The minimum atomic E-state index is -3.20. The van der Waals surface area contributed by atoms with Gasteiger partial charge in [0.05, 0.1) is 11.1 Å². The van der Waals surface area contributed by atoms with Crippen molar-refractivity contribution in [1.82, 2.24) is 9.62 Å². The van der Waals surface area contributed by atoms with E-state index < -0.39 is 10.0 Å². The molecule has 22 heavy (non-hydrogen) atoms. The number of carbonyl (C=O) groups excluding carboxylic acids is 1. The third-order valence-corrected chi connectivity index (χ3v) is 6.22. The zero-order valence-corrected chi connectivity index (χ0v) is 13.9. The molecule has 7 heteroatoms. The molecule has 1 aromatic carbocycles. The predicted molar refractivity (Wildman–Crippen MR) is 88.7 cm³/mol. The summed E-state index contributed by atoms with van der Waals surface area (Å²) in [6.07, 6.45) is 2.79. The number of hydrogen-bond donors (Lipinski definition) is 1. The van der Waals surface area contributed by atoms with E-state index in [1.54, 1.807) is 0 Å². The van der Waals surface area contributed by atoms with Gasteiger partial charge in [0.15, 0.2) is 0 Å². The second kappa shape index (κ2) is 5.98. The monoisotopic (exact) mass is 338 g/mol. The minimum absolute atomic E-state index is 0.124. The van der Waals surface area contributed by atoms with E-state index in [1.165, 1.54) is 21.9 Å². The maximum Gasteiger partial charge on any atom is 0.261 e. The number of carbonyl (C=O) groups is 1. The van der Waals surface area contributed by atoms with Crippen LogP contribution in [0.15, 0.2) is 30.3 Å². The summed E-state index contributed by atoms with van der Waals surface area (Å²) in [4.78, 5) is 13.0. The van der Waals surface area contributed by atoms with Crippen molar-refractivity contribution in [3.8, 4) is 0 Å². The highest BCUT2D eigenvalue weighted by Gasteiger charge is 2.27. The van der Waals surface area contributed by atoms with Gasteiger partial charge in [-0.15, -0.1) is 11.3 Å². The smallest absolute Gasteiger partial charge is 0.261 e. The molecule has 1 aromatic heterocycles. The van der Waals surface area contributed by atoms with E-state index in [-0.39, 0.29) is 11.9 Å².